The molecule has 0 N–H and O–H groups in total. The van der Waals surface area contributed by atoms with E-state index in [1.54, 1.807) is 0 Å². The summed E-state index contributed by atoms with van der Waals surface area (Å²) in [6.45, 7) is 8.58. The first-order valence-corrected chi connectivity index (χ1v) is 8.47. The van der Waals surface area contributed by atoms with Crippen LogP contribution in [0, 0.1) is 5.92 Å². The van der Waals surface area contributed by atoms with E-state index < -0.39 is 0 Å². The second-order valence-corrected chi connectivity index (χ2v) is 7.00. The summed E-state index contributed by atoms with van der Waals surface area (Å²) < 4.78 is 5.62. The van der Waals surface area contributed by atoms with Gasteiger partial charge in [0.2, 0.25) is 0 Å². The van der Waals surface area contributed by atoms with Gasteiger partial charge in [-0.25, -0.2) is 4.79 Å². The number of carbonyl (C=O) groups excluding carboxylic acids is 1. The Morgan fingerprint density at radius 2 is 1.90 bits per heavy atom. The first-order valence-electron chi connectivity index (χ1n) is 8.47. The maximum Gasteiger partial charge on any atom is 0.320 e. The van der Waals surface area contributed by atoms with Gasteiger partial charge in [-0.3, -0.25) is 4.90 Å². The molecule has 3 saturated heterocycles. The van der Waals surface area contributed by atoms with Crippen LogP contribution in [-0.4, -0.2) is 79.3 Å². The third kappa shape index (κ3) is 2.90. The fraction of sp³-hybridized carbons (Fsp3) is 0.938. The summed E-state index contributed by atoms with van der Waals surface area (Å²) in [5.41, 5.74) is 0.218. The summed E-state index contributed by atoms with van der Waals surface area (Å²) in [4.78, 5) is 19.0. The summed E-state index contributed by atoms with van der Waals surface area (Å²) in [5, 5.41) is 0. The van der Waals surface area contributed by atoms with Crippen LogP contribution in [0.5, 0.6) is 0 Å². The van der Waals surface area contributed by atoms with Crippen molar-refractivity contribution >= 4 is 6.03 Å². The van der Waals surface area contributed by atoms with Crippen LogP contribution in [0.3, 0.4) is 0 Å². The van der Waals surface area contributed by atoms with Crippen molar-refractivity contribution in [2.24, 2.45) is 5.92 Å². The van der Waals surface area contributed by atoms with Gasteiger partial charge >= 0.3 is 6.03 Å². The lowest BCUT2D eigenvalue weighted by Crippen LogP contribution is -2.73. The minimum absolute atomic E-state index is 0.218. The average Bonchev–Trinajstić information content (AvgIpc) is 2.97. The molecule has 120 valence electrons. The van der Waals surface area contributed by atoms with Crippen LogP contribution >= 0.6 is 0 Å². The van der Waals surface area contributed by atoms with Crippen LogP contribution < -0.4 is 0 Å². The topological polar surface area (TPSA) is 36.0 Å². The second kappa shape index (κ2) is 6.13. The number of urea groups is 1. The van der Waals surface area contributed by atoms with Gasteiger partial charge in [-0.05, 0) is 52.1 Å². The van der Waals surface area contributed by atoms with Crippen LogP contribution in [-0.2, 0) is 4.74 Å². The molecule has 0 aromatic heterocycles. The van der Waals surface area contributed by atoms with Gasteiger partial charge in [-0.2, -0.15) is 0 Å². The molecule has 1 spiro atoms. The van der Waals surface area contributed by atoms with E-state index in [0.29, 0.717) is 5.92 Å². The van der Waals surface area contributed by atoms with E-state index in [9.17, 15) is 4.79 Å². The van der Waals surface area contributed by atoms with E-state index in [0.717, 1.165) is 45.9 Å². The zero-order valence-corrected chi connectivity index (χ0v) is 13.5. The Bertz CT molecular complexity index is 374. The van der Waals surface area contributed by atoms with Gasteiger partial charge < -0.3 is 14.5 Å². The van der Waals surface area contributed by atoms with Gasteiger partial charge in [0.25, 0.3) is 0 Å². The predicted octanol–water partition coefficient (Wildman–Crippen LogP) is 1.63. The monoisotopic (exact) mass is 295 g/mol. The average molecular weight is 295 g/mol. The summed E-state index contributed by atoms with van der Waals surface area (Å²) in [7, 11) is 2.22. The van der Waals surface area contributed by atoms with Gasteiger partial charge in [0.1, 0.15) is 0 Å². The van der Waals surface area contributed by atoms with Crippen LogP contribution in [0.15, 0.2) is 0 Å². The Morgan fingerprint density at radius 1 is 1.19 bits per heavy atom. The molecule has 0 aromatic carbocycles. The van der Waals surface area contributed by atoms with E-state index in [1.807, 2.05) is 9.80 Å². The molecule has 21 heavy (non-hydrogen) atoms. The van der Waals surface area contributed by atoms with Gasteiger partial charge in [0, 0.05) is 39.4 Å². The lowest BCUT2D eigenvalue weighted by atomic mass is 9.75. The quantitative estimate of drug-likeness (QED) is 0.794. The van der Waals surface area contributed by atoms with Crippen LogP contribution in [0.25, 0.3) is 0 Å². The lowest BCUT2D eigenvalue weighted by molar-refractivity contribution is -0.0746. The van der Waals surface area contributed by atoms with E-state index in [4.69, 9.17) is 4.74 Å². The van der Waals surface area contributed by atoms with E-state index in [1.165, 1.54) is 25.7 Å². The molecule has 3 heterocycles. The summed E-state index contributed by atoms with van der Waals surface area (Å²) in [6, 6.07) is 0.262. The lowest BCUT2D eigenvalue weighted by Gasteiger charge is -2.58. The fourth-order valence-corrected chi connectivity index (χ4v) is 4.11. The number of rotatable bonds is 3. The highest BCUT2D eigenvalue weighted by Gasteiger charge is 2.51. The van der Waals surface area contributed by atoms with Gasteiger partial charge in [-0.15, -0.1) is 0 Å². The second-order valence-electron chi connectivity index (χ2n) is 7.00. The molecule has 3 aliphatic rings. The molecule has 3 aliphatic heterocycles. The Balaban J connectivity index is 1.54. The molecule has 0 unspecified atom stereocenters. The molecular weight excluding hydrogens is 266 g/mol. The highest BCUT2D eigenvalue weighted by molar-refractivity contribution is 5.76. The number of hydrogen-bond donors (Lipinski definition) is 0. The number of likely N-dealkylation sites (N-methyl/N-ethyl adjacent to an activating group) is 1. The van der Waals surface area contributed by atoms with Gasteiger partial charge in [0.05, 0.1) is 5.54 Å². The third-order valence-corrected chi connectivity index (χ3v) is 5.53. The molecule has 5 heteroatoms. The highest BCUT2D eigenvalue weighted by atomic mass is 16.5. The molecular formula is C16H29N3O2. The van der Waals surface area contributed by atoms with Crippen molar-refractivity contribution < 1.29 is 9.53 Å². The maximum absolute atomic E-state index is 12.4. The summed E-state index contributed by atoms with van der Waals surface area (Å²) >= 11 is 0. The highest BCUT2D eigenvalue weighted by Crippen LogP contribution is 2.38. The Hall–Kier alpha value is -0.810. The largest absolute Gasteiger partial charge is 0.381 e. The van der Waals surface area contributed by atoms with E-state index in [2.05, 4.69) is 18.9 Å². The number of hydrogen-bond acceptors (Lipinski definition) is 3. The smallest absolute Gasteiger partial charge is 0.320 e. The van der Waals surface area contributed by atoms with Crippen molar-refractivity contribution in [2.45, 2.75) is 38.1 Å². The number of piperidine rings is 1. The Morgan fingerprint density at radius 3 is 2.57 bits per heavy atom. The minimum Gasteiger partial charge on any atom is -0.381 e. The summed E-state index contributed by atoms with van der Waals surface area (Å²) in [5.74, 6) is 0.658. The molecule has 3 rings (SSSR count). The molecule has 3 fully saturated rings. The predicted molar refractivity (Wildman–Crippen MR) is 82.4 cm³/mol. The summed E-state index contributed by atoms with van der Waals surface area (Å²) in [6.07, 6.45) is 4.73. The molecule has 2 amide bonds. The maximum atomic E-state index is 12.4. The van der Waals surface area contributed by atoms with Crippen molar-refractivity contribution in [3.63, 3.8) is 0 Å². The molecule has 5 nitrogen and oxygen atoms in total. The number of likely N-dealkylation sites (tertiary alicyclic amines) is 3. The Kier molecular flexibility index (Phi) is 4.41. The standard InChI is InChI=1S/C16H29N3O2/c1-3-21-11-14-6-9-17(2)16(10-14)12-19(13-16)15(20)18-7-4-5-8-18/h14H,3-13H2,1-2H3/t14-/m1/s1. The van der Waals surface area contributed by atoms with Crippen molar-refractivity contribution in [3.8, 4) is 0 Å². The molecule has 0 saturated carbocycles. The van der Waals surface area contributed by atoms with Crippen molar-refractivity contribution in [1.82, 2.24) is 14.7 Å². The number of ether oxygens (including phenoxy) is 1. The first kappa shape index (κ1) is 15.1. The van der Waals surface area contributed by atoms with Crippen molar-refractivity contribution in [1.29, 1.82) is 0 Å². The van der Waals surface area contributed by atoms with Gasteiger partial charge in [-0.1, -0.05) is 0 Å². The van der Waals surface area contributed by atoms with Crippen LogP contribution in [0.1, 0.15) is 32.6 Å². The van der Waals surface area contributed by atoms with E-state index >= 15 is 0 Å². The third-order valence-electron chi connectivity index (χ3n) is 5.53. The fourth-order valence-electron chi connectivity index (χ4n) is 4.11. The normalized spacial score (nSPS) is 29.0. The van der Waals surface area contributed by atoms with Crippen molar-refractivity contribution in [3.05, 3.63) is 0 Å². The van der Waals surface area contributed by atoms with Gasteiger partial charge in [0.15, 0.2) is 0 Å². The zero-order chi connectivity index (χ0) is 14.9. The molecule has 0 aromatic rings. The van der Waals surface area contributed by atoms with Crippen molar-refractivity contribution in [2.75, 3.05) is 53.0 Å². The molecule has 0 bridgehead atoms. The van der Waals surface area contributed by atoms with Crippen LogP contribution in [0.4, 0.5) is 4.79 Å². The Labute approximate surface area is 128 Å². The number of amides is 2. The molecule has 0 aliphatic carbocycles. The SMILES string of the molecule is CCOC[C@@H]1CCN(C)C2(C1)CN(C(=O)N1CCCC1)C2. The zero-order valence-electron chi connectivity index (χ0n) is 13.5. The number of nitrogens with zero attached hydrogens (tertiary/aromatic N) is 3. The minimum atomic E-state index is 0.218. The van der Waals surface area contributed by atoms with E-state index in [-0.39, 0.29) is 11.6 Å². The first-order chi connectivity index (χ1) is 10.1. The molecule has 0 radical (unpaired) electrons. The molecule has 1 atom stereocenters. The number of carbonyl (C=O) groups is 1. The van der Waals surface area contributed by atoms with Crippen LogP contribution in [0.2, 0.25) is 0 Å².